The maximum atomic E-state index is 12.4. The van der Waals surface area contributed by atoms with Gasteiger partial charge in [0.1, 0.15) is 16.5 Å². The minimum atomic E-state index is -0.385. The summed E-state index contributed by atoms with van der Waals surface area (Å²) < 4.78 is 5.37. The van der Waals surface area contributed by atoms with E-state index in [9.17, 15) is 9.90 Å². The Morgan fingerprint density at radius 3 is 2.63 bits per heavy atom. The van der Waals surface area contributed by atoms with E-state index in [0.29, 0.717) is 5.75 Å². The number of carbonyl (C=O) groups excluding carboxylic acids is 1. The van der Waals surface area contributed by atoms with Crippen LogP contribution < -0.4 is 4.74 Å². The van der Waals surface area contributed by atoms with Crippen LogP contribution in [0.2, 0.25) is 10.0 Å². The normalized spacial score (nSPS) is 10.6. The number of phenolic OH excluding ortho intramolecular Hbond substituents is 1. The fourth-order valence-corrected chi connectivity index (χ4v) is 3.50. The van der Waals surface area contributed by atoms with Crippen molar-refractivity contribution in [1.29, 1.82) is 0 Å². The van der Waals surface area contributed by atoms with Crippen molar-refractivity contribution < 1.29 is 14.6 Å². The summed E-state index contributed by atoms with van der Waals surface area (Å²) in [5.74, 6) is -0.0644. The van der Waals surface area contributed by atoms with Gasteiger partial charge in [-0.25, -0.2) is 0 Å². The molecule has 1 N–H and O–H groups in total. The minimum absolute atomic E-state index is 0. The Morgan fingerprint density at radius 2 is 1.96 bits per heavy atom. The Morgan fingerprint density at radius 1 is 1.19 bits per heavy atom. The van der Waals surface area contributed by atoms with Crippen LogP contribution in [-0.2, 0) is 0 Å². The number of hydrogen-bond donors (Lipinski definition) is 1. The smallest absolute Gasteiger partial charge is 0.189 e. The van der Waals surface area contributed by atoms with E-state index < -0.39 is 0 Å². The van der Waals surface area contributed by atoms with Gasteiger partial charge >= 0.3 is 0 Å². The molecule has 0 spiro atoms. The van der Waals surface area contributed by atoms with Crippen molar-refractivity contribution in [2.75, 3.05) is 7.11 Å². The number of hydrogen-bond acceptors (Lipinski definition) is 4. The Bertz CT molecular complexity index is 985. The van der Waals surface area contributed by atoms with Crippen molar-refractivity contribution in [3.63, 3.8) is 0 Å². The number of ether oxygens (including phenoxy) is 1. The molecule has 0 amide bonds. The largest absolute Gasteiger partial charge is 0.506 e. The molecule has 27 heavy (non-hydrogen) atoms. The van der Waals surface area contributed by atoms with Crippen molar-refractivity contribution >= 4 is 76.0 Å². The Kier molecular flexibility index (Phi) is 7.98. The molecule has 0 atom stereocenters. The van der Waals surface area contributed by atoms with Gasteiger partial charge in [-0.15, -0.1) is 11.3 Å². The molecule has 0 aliphatic heterocycles. The molecule has 0 fully saturated rings. The first-order chi connectivity index (χ1) is 12.5. The molecule has 0 bridgehead atoms. The Hall–Kier alpha value is -1.27. The zero-order valence-electron chi connectivity index (χ0n) is 14.7. The quantitative estimate of drug-likeness (QED) is 0.310. The fraction of sp³-hybridized carbons (Fsp3) is 0.0500. The number of halogens is 2. The molecule has 7 heteroatoms. The van der Waals surface area contributed by atoms with Crippen LogP contribution in [0.3, 0.4) is 0 Å². The number of rotatable bonds is 5. The molecule has 3 nitrogen and oxygen atoms in total. The van der Waals surface area contributed by atoms with Crippen molar-refractivity contribution in [1.82, 2.24) is 0 Å². The van der Waals surface area contributed by atoms with Crippen LogP contribution in [-0.4, -0.2) is 47.6 Å². The van der Waals surface area contributed by atoms with Crippen molar-refractivity contribution in [3.05, 3.63) is 75.1 Å². The van der Waals surface area contributed by atoms with Crippen LogP contribution in [0, 0.1) is 0 Å². The number of aromatic hydroxyl groups is 1. The first kappa shape index (κ1) is 22.0. The molecule has 1 radical (unpaired) electrons. The summed E-state index contributed by atoms with van der Waals surface area (Å²) in [4.78, 5) is 13.5. The molecule has 0 saturated carbocycles. The number of phenols is 1. The summed E-state index contributed by atoms with van der Waals surface area (Å²) in [5.41, 5.74) is 1.88. The molecule has 1 aromatic heterocycles. The maximum Gasteiger partial charge on any atom is 0.189 e. The number of methoxy groups -OCH3 is 1. The van der Waals surface area contributed by atoms with E-state index in [1.165, 1.54) is 18.2 Å². The van der Waals surface area contributed by atoms with E-state index in [4.69, 9.17) is 27.9 Å². The van der Waals surface area contributed by atoms with Crippen molar-refractivity contribution in [2.24, 2.45) is 0 Å². The standard InChI is InChI=1S/C20H14Cl2O3S.Na/c1-25-17-9-5-13(18-3-2-10-26-18)11-12(17)4-8-16(23)14-6-7-15(21)19(22)20(14)24;/h2-11,24H,1H3;. The van der Waals surface area contributed by atoms with Gasteiger partial charge < -0.3 is 9.84 Å². The molecular formula is C20H14Cl2NaO3S. The van der Waals surface area contributed by atoms with Crippen molar-refractivity contribution in [3.8, 4) is 21.9 Å². The van der Waals surface area contributed by atoms with E-state index in [0.717, 1.165) is 16.0 Å². The number of carbonyl (C=O) groups is 1. The summed E-state index contributed by atoms with van der Waals surface area (Å²) in [6.45, 7) is 0. The average molecular weight is 428 g/mol. The zero-order valence-corrected chi connectivity index (χ0v) is 19.0. The van der Waals surface area contributed by atoms with Crippen molar-refractivity contribution in [2.45, 2.75) is 0 Å². The van der Waals surface area contributed by atoms with Crippen LogP contribution in [0.4, 0.5) is 0 Å². The molecule has 0 saturated heterocycles. The molecular weight excluding hydrogens is 414 g/mol. The van der Waals surface area contributed by atoms with Gasteiger partial charge in [-0.2, -0.15) is 0 Å². The van der Waals surface area contributed by atoms with E-state index >= 15 is 0 Å². The summed E-state index contributed by atoms with van der Waals surface area (Å²) >= 11 is 13.4. The number of ketones is 1. The molecule has 0 aliphatic rings. The number of thiophene rings is 1. The van der Waals surface area contributed by atoms with Gasteiger partial charge in [-0.05, 0) is 59.5 Å². The van der Waals surface area contributed by atoms with Gasteiger partial charge in [-0.1, -0.05) is 29.3 Å². The summed E-state index contributed by atoms with van der Waals surface area (Å²) in [6.07, 6.45) is 3.02. The van der Waals surface area contributed by atoms with Crippen LogP contribution in [0.5, 0.6) is 11.5 Å². The predicted molar refractivity (Wildman–Crippen MR) is 114 cm³/mol. The molecule has 133 valence electrons. The van der Waals surface area contributed by atoms with Crippen LogP contribution in [0.15, 0.2) is 53.9 Å². The number of allylic oxidation sites excluding steroid dienone is 1. The maximum absolute atomic E-state index is 12.4. The third-order valence-corrected chi connectivity index (χ3v) is 5.50. The van der Waals surface area contributed by atoms with Gasteiger partial charge in [-0.3, -0.25) is 4.79 Å². The van der Waals surface area contributed by atoms with Gasteiger partial charge in [0.25, 0.3) is 0 Å². The second kappa shape index (κ2) is 9.78. The summed E-state index contributed by atoms with van der Waals surface area (Å²) in [6, 6.07) is 12.7. The molecule has 1 heterocycles. The second-order valence-corrected chi connectivity index (χ2v) is 7.12. The summed E-state index contributed by atoms with van der Waals surface area (Å²) in [7, 11) is 1.57. The predicted octanol–water partition coefficient (Wildman–Crippen LogP) is 5.95. The second-order valence-electron chi connectivity index (χ2n) is 5.39. The van der Waals surface area contributed by atoms with E-state index in [1.807, 2.05) is 35.7 Å². The van der Waals surface area contributed by atoms with E-state index in [1.54, 1.807) is 24.5 Å². The zero-order chi connectivity index (χ0) is 18.7. The topological polar surface area (TPSA) is 46.5 Å². The first-order valence-electron chi connectivity index (χ1n) is 7.62. The van der Waals surface area contributed by atoms with Gasteiger partial charge in [0, 0.05) is 40.0 Å². The molecule has 0 unspecified atom stereocenters. The minimum Gasteiger partial charge on any atom is -0.506 e. The third kappa shape index (κ3) is 4.96. The third-order valence-electron chi connectivity index (χ3n) is 3.78. The summed E-state index contributed by atoms with van der Waals surface area (Å²) in [5, 5.41) is 12.2. The monoisotopic (exact) mass is 427 g/mol. The SMILES string of the molecule is COc1ccc(-c2cccs2)cc1C=CC(=O)c1ccc(Cl)c(Cl)c1O.[Na]. The van der Waals surface area contributed by atoms with E-state index in [-0.39, 0.29) is 56.7 Å². The van der Waals surface area contributed by atoms with Gasteiger partial charge in [0.2, 0.25) is 0 Å². The van der Waals surface area contributed by atoms with Gasteiger partial charge in [0.15, 0.2) is 5.78 Å². The Labute approximate surface area is 193 Å². The molecule has 2 aromatic carbocycles. The van der Waals surface area contributed by atoms with Gasteiger partial charge in [0.05, 0.1) is 17.7 Å². The van der Waals surface area contributed by atoms with Crippen LogP contribution in [0.25, 0.3) is 16.5 Å². The van der Waals surface area contributed by atoms with Crippen LogP contribution >= 0.6 is 34.5 Å². The first-order valence-corrected chi connectivity index (χ1v) is 9.26. The Balaban J connectivity index is 0.00000261. The van der Waals surface area contributed by atoms with E-state index in [2.05, 4.69) is 0 Å². The molecule has 3 rings (SSSR count). The fourth-order valence-electron chi connectivity index (χ4n) is 2.45. The number of benzene rings is 2. The average Bonchev–Trinajstić information content (AvgIpc) is 3.19. The molecule has 3 aromatic rings. The molecule has 0 aliphatic carbocycles. The van der Waals surface area contributed by atoms with Crippen LogP contribution in [0.1, 0.15) is 15.9 Å².